The van der Waals surface area contributed by atoms with Crippen LogP contribution in [-0.2, 0) is 13.2 Å². The summed E-state index contributed by atoms with van der Waals surface area (Å²) in [6.45, 7) is 8.57. The number of aryl methyl sites for hydroxylation is 1. The fraction of sp³-hybridized carbons (Fsp3) is 0.412. The molecule has 2 aromatic rings. The molecule has 0 aliphatic carbocycles. The molecule has 0 aliphatic heterocycles. The van der Waals surface area contributed by atoms with E-state index in [-0.39, 0.29) is 0 Å². The van der Waals surface area contributed by atoms with Crippen molar-refractivity contribution in [1.29, 1.82) is 0 Å². The molecule has 0 unspecified atom stereocenters. The van der Waals surface area contributed by atoms with Crippen LogP contribution in [0, 0.1) is 12.8 Å². The van der Waals surface area contributed by atoms with E-state index in [0.717, 1.165) is 40.7 Å². The van der Waals surface area contributed by atoms with Crippen LogP contribution in [0.5, 0.6) is 5.75 Å². The molecular weight excluding hydrogens is 286 g/mol. The lowest BCUT2D eigenvalue weighted by atomic mass is 10.2. The van der Waals surface area contributed by atoms with Crippen molar-refractivity contribution >= 4 is 11.6 Å². The van der Waals surface area contributed by atoms with E-state index in [1.165, 1.54) is 0 Å². The summed E-state index contributed by atoms with van der Waals surface area (Å²) in [5.41, 5.74) is 2.16. The van der Waals surface area contributed by atoms with Gasteiger partial charge in [0.15, 0.2) is 0 Å². The molecule has 0 radical (unpaired) electrons. The van der Waals surface area contributed by atoms with Crippen LogP contribution in [0.1, 0.15) is 30.7 Å². The molecule has 0 bridgehead atoms. The van der Waals surface area contributed by atoms with Crippen molar-refractivity contribution in [2.24, 2.45) is 5.92 Å². The second-order valence-corrected chi connectivity index (χ2v) is 6.03. The predicted molar refractivity (Wildman–Crippen MR) is 85.8 cm³/mol. The zero-order chi connectivity index (χ0) is 15.2. The Morgan fingerprint density at radius 1 is 1.29 bits per heavy atom. The van der Waals surface area contributed by atoms with Gasteiger partial charge in [-0.15, -0.1) is 0 Å². The number of benzene rings is 1. The number of ether oxygens (including phenoxy) is 1. The Hall–Kier alpha value is -1.45. The molecule has 0 spiro atoms. The Labute approximate surface area is 131 Å². The maximum absolute atomic E-state index is 5.94. The summed E-state index contributed by atoms with van der Waals surface area (Å²) in [6.07, 6.45) is 1.71. The second-order valence-electron chi connectivity index (χ2n) is 5.59. The van der Waals surface area contributed by atoms with Crippen LogP contribution in [0.2, 0.25) is 5.02 Å². The van der Waals surface area contributed by atoms with E-state index in [1.807, 2.05) is 31.2 Å². The molecule has 1 N–H and O–H groups in total. The van der Waals surface area contributed by atoms with Crippen molar-refractivity contribution in [2.75, 3.05) is 6.54 Å². The zero-order valence-electron chi connectivity index (χ0n) is 12.8. The fourth-order valence-electron chi connectivity index (χ4n) is 2.06. The Morgan fingerprint density at radius 2 is 2.10 bits per heavy atom. The van der Waals surface area contributed by atoms with Gasteiger partial charge in [-0.25, -0.2) is 0 Å². The van der Waals surface area contributed by atoms with E-state index in [4.69, 9.17) is 20.8 Å². The summed E-state index contributed by atoms with van der Waals surface area (Å²) in [5, 5.41) is 4.13. The Kier molecular flexibility index (Phi) is 5.71. The Balaban J connectivity index is 1.92. The summed E-state index contributed by atoms with van der Waals surface area (Å²) in [6, 6.07) is 7.60. The standard InChI is InChI=1S/C17H22ClNO2/c1-12(2)9-19-10-14-6-7-20-17(14)11-21-16-5-4-15(18)8-13(16)3/h4-8,12,19H,9-11H2,1-3H3. The molecular formula is C17H22ClNO2. The van der Waals surface area contributed by atoms with Crippen LogP contribution in [0.4, 0.5) is 0 Å². The molecule has 114 valence electrons. The SMILES string of the molecule is Cc1cc(Cl)ccc1OCc1occc1CNCC(C)C. The summed E-state index contributed by atoms with van der Waals surface area (Å²) in [5.74, 6) is 2.32. The van der Waals surface area contributed by atoms with Gasteiger partial charge >= 0.3 is 0 Å². The number of rotatable bonds is 7. The zero-order valence-corrected chi connectivity index (χ0v) is 13.5. The van der Waals surface area contributed by atoms with Crippen molar-refractivity contribution in [3.05, 3.63) is 52.4 Å². The lowest BCUT2D eigenvalue weighted by Gasteiger charge is -2.10. The third-order valence-corrected chi connectivity index (χ3v) is 3.44. The minimum atomic E-state index is 0.425. The van der Waals surface area contributed by atoms with E-state index in [0.29, 0.717) is 12.5 Å². The van der Waals surface area contributed by atoms with E-state index in [2.05, 4.69) is 19.2 Å². The molecule has 0 aliphatic rings. The van der Waals surface area contributed by atoms with Crippen LogP contribution < -0.4 is 10.1 Å². The second kappa shape index (κ2) is 7.53. The highest BCUT2D eigenvalue weighted by Crippen LogP contribution is 2.23. The average Bonchev–Trinajstić information content (AvgIpc) is 2.85. The van der Waals surface area contributed by atoms with E-state index in [9.17, 15) is 0 Å². The minimum absolute atomic E-state index is 0.425. The smallest absolute Gasteiger partial charge is 0.146 e. The van der Waals surface area contributed by atoms with Gasteiger partial charge in [0.05, 0.1) is 6.26 Å². The molecule has 0 fully saturated rings. The van der Waals surface area contributed by atoms with Gasteiger partial charge in [-0.3, -0.25) is 0 Å². The topological polar surface area (TPSA) is 34.4 Å². The first-order valence-electron chi connectivity index (χ1n) is 7.21. The fourth-order valence-corrected chi connectivity index (χ4v) is 2.29. The van der Waals surface area contributed by atoms with Gasteiger partial charge in [0, 0.05) is 17.1 Å². The highest BCUT2D eigenvalue weighted by atomic mass is 35.5. The van der Waals surface area contributed by atoms with Gasteiger partial charge in [-0.1, -0.05) is 25.4 Å². The van der Waals surface area contributed by atoms with Crippen LogP contribution >= 0.6 is 11.6 Å². The van der Waals surface area contributed by atoms with Crippen molar-refractivity contribution in [3.8, 4) is 5.75 Å². The molecule has 1 aromatic carbocycles. The molecule has 0 amide bonds. The monoisotopic (exact) mass is 307 g/mol. The first kappa shape index (κ1) is 15.9. The third kappa shape index (κ3) is 4.80. The minimum Gasteiger partial charge on any atom is -0.485 e. The lowest BCUT2D eigenvalue weighted by molar-refractivity contribution is 0.266. The van der Waals surface area contributed by atoms with Crippen LogP contribution in [0.25, 0.3) is 0 Å². The normalized spacial score (nSPS) is 11.1. The van der Waals surface area contributed by atoms with Crippen LogP contribution in [-0.4, -0.2) is 6.54 Å². The summed E-state index contributed by atoms with van der Waals surface area (Å²) >= 11 is 5.94. The maximum Gasteiger partial charge on any atom is 0.146 e. The van der Waals surface area contributed by atoms with E-state index in [1.54, 1.807) is 6.26 Å². The first-order chi connectivity index (χ1) is 10.1. The number of furan rings is 1. The molecule has 2 rings (SSSR count). The van der Waals surface area contributed by atoms with Gasteiger partial charge in [0.2, 0.25) is 0 Å². The highest BCUT2D eigenvalue weighted by Gasteiger charge is 2.08. The number of hydrogen-bond donors (Lipinski definition) is 1. The van der Waals surface area contributed by atoms with Crippen molar-refractivity contribution < 1.29 is 9.15 Å². The van der Waals surface area contributed by atoms with Gasteiger partial charge < -0.3 is 14.5 Å². The number of halogens is 1. The van der Waals surface area contributed by atoms with E-state index < -0.39 is 0 Å². The molecule has 1 aromatic heterocycles. The number of hydrogen-bond acceptors (Lipinski definition) is 3. The molecule has 21 heavy (non-hydrogen) atoms. The van der Waals surface area contributed by atoms with Gasteiger partial charge in [0.1, 0.15) is 18.1 Å². The summed E-state index contributed by atoms with van der Waals surface area (Å²) in [4.78, 5) is 0. The maximum atomic E-state index is 5.94. The first-order valence-corrected chi connectivity index (χ1v) is 7.59. The van der Waals surface area contributed by atoms with Gasteiger partial charge in [-0.2, -0.15) is 0 Å². The lowest BCUT2D eigenvalue weighted by Crippen LogP contribution is -2.19. The summed E-state index contributed by atoms with van der Waals surface area (Å²) < 4.78 is 11.3. The quantitative estimate of drug-likeness (QED) is 0.814. The Bertz CT molecular complexity index is 578. The highest BCUT2D eigenvalue weighted by molar-refractivity contribution is 6.30. The van der Waals surface area contributed by atoms with Gasteiger partial charge in [-0.05, 0) is 49.2 Å². The Morgan fingerprint density at radius 3 is 2.81 bits per heavy atom. The molecule has 0 saturated carbocycles. The molecule has 4 heteroatoms. The van der Waals surface area contributed by atoms with Gasteiger partial charge in [0.25, 0.3) is 0 Å². The molecule has 0 atom stereocenters. The number of nitrogens with one attached hydrogen (secondary N) is 1. The van der Waals surface area contributed by atoms with Crippen LogP contribution in [0.15, 0.2) is 34.9 Å². The summed E-state index contributed by atoms with van der Waals surface area (Å²) in [7, 11) is 0. The van der Waals surface area contributed by atoms with Crippen molar-refractivity contribution in [1.82, 2.24) is 5.32 Å². The van der Waals surface area contributed by atoms with E-state index >= 15 is 0 Å². The molecule has 3 nitrogen and oxygen atoms in total. The van der Waals surface area contributed by atoms with Crippen molar-refractivity contribution in [3.63, 3.8) is 0 Å². The average molecular weight is 308 g/mol. The predicted octanol–water partition coefficient (Wildman–Crippen LogP) is 4.57. The van der Waals surface area contributed by atoms with Crippen molar-refractivity contribution in [2.45, 2.75) is 33.9 Å². The molecule has 0 saturated heterocycles. The molecule has 1 heterocycles. The third-order valence-electron chi connectivity index (χ3n) is 3.20. The largest absolute Gasteiger partial charge is 0.485 e. The van der Waals surface area contributed by atoms with Crippen LogP contribution in [0.3, 0.4) is 0 Å².